The second kappa shape index (κ2) is 8.48. The number of nitro groups is 1. The lowest BCUT2D eigenvalue weighted by atomic mass is 10.2. The number of aryl methyl sites for hydroxylation is 1. The third kappa shape index (κ3) is 4.74. The molecule has 0 spiro atoms. The van der Waals surface area contributed by atoms with Gasteiger partial charge in [-0.05, 0) is 56.4 Å². The third-order valence-electron chi connectivity index (χ3n) is 4.10. The third-order valence-corrected chi connectivity index (χ3v) is 4.19. The highest BCUT2D eigenvalue weighted by Gasteiger charge is 2.10. The summed E-state index contributed by atoms with van der Waals surface area (Å²) in [5.74, 6) is 0.848. The Morgan fingerprint density at radius 2 is 2.03 bits per heavy atom. The van der Waals surface area contributed by atoms with Crippen molar-refractivity contribution in [2.45, 2.75) is 13.8 Å². The zero-order valence-corrected chi connectivity index (χ0v) is 16.5. The van der Waals surface area contributed by atoms with Gasteiger partial charge in [-0.3, -0.25) is 15.5 Å². The maximum absolute atomic E-state index is 10.7. The van der Waals surface area contributed by atoms with Gasteiger partial charge < -0.3 is 15.0 Å². The maximum atomic E-state index is 10.7. The Balaban J connectivity index is 1.78. The van der Waals surface area contributed by atoms with Gasteiger partial charge in [0.05, 0.1) is 11.1 Å². The molecule has 0 aliphatic heterocycles. The average Bonchev–Trinajstić information content (AvgIpc) is 2.96. The number of nitrogens with one attached hydrogen (secondary N) is 1. The van der Waals surface area contributed by atoms with Gasteiger partial charge in [-0.15, -0.1) is 0 Å². The molecule has 10 heteroatoms. The predicted octanol–water partition coefficient (Wildman–Crippen LogP) is 3.36. The summed E-state index contributed by atoms with van der Waals surface area (Å²) in [5, 5.41) is 14.8. The van der Waals surface area contributed by atoms with E-state index in [0.29, 0.717) is 5.75 Å². The number of rotatable bonds is 6. The summed E-state index contributed by atoms with van der Waals surface area (Å²) in [6, 6.07) is 12.2. The van der Waals surface area contributed by atoms with Crippen molar-refractivity contribution in [1.82, 2.24) is 15.0 Å². The second-order valence-electron chi connectivity index (χ2n) is 6.10. The molecular weight excluding hydrogens is 392 g/mol. The lowest BCUT2D eigenvalue weighted by Gasteiger charge is -2.11. The lowest BCUT2D eigenvalue weighted by molar-refractivity contribution is -0.385. The molecule has 148 valence electrons. The van der Waals surface area contributed by atoms with E-state index in [0.717, 1.165) is 28.8 Å². The zero-order chi connectivity index (χ0) is 21.0. The number of hydrogen-bond acceptors (Lipinski definition) is 6. The Hall–Kier alpha value is -3.79. The van der Waals surface area contributed by atoms with Gasteiger partial charge >= 0.3 is 0 Å². The average molecular weight is 410 g/mol. The molecule has 2 heterocycles. The van der Waals surface area contributed by atoms with Crippen molar-refractivity contribution >= 4 is 29.2 Å². The number of nitrogens with zero attached hydrogens (tertiary/aromatic N) is 4. The molecule has 3 N–H and O–H groups in total. The molecule has 1 aromatic carbocycles. The number of ether oxygens (including phenoxy) is 1. The highest BCUT2D eigenvalue weighted by Crippen LogP contribution is 2.25. The minimum absolute atomic E-state index is 0.0888. The van der Waals surface area contributed by atoms with Crippen LogP contribution in [0.3, 0.4) is 0 Å². The fraction of sp³-hybridized carbons (Fsp3) is 0.105. The number of nitrogens with two attached hydrogens (primary N) is 1. The molecule has 0 saturated heterocycles. The highest BCUT2D eigenvalue weighted by atomic mass is 32.1. The normalized spacial score (nSPS) is 10.8. The minimum Gasteiger partial charge on any atom is -0.439 e. The molecule has 0 aliphatic rings. The van der Waals surface area contributed by atoms with Crippen LogP contribution in [0.1, 0.15) is 17.0 Å². The van der Waals surface area contributed by atoms with Crippen molar-refractivity contribution in [2.75, 3.05) is 0 Å². The molecular formula is C19H18N6O3S. The summed E-state index contributed by atoms with van der Waals surface area (Å²) in [6.45, 7) is 3.98. The van der Waals surface area contributed by atoms with E-state index in [1.54, 1.807) is 18.3 Å². The van der Waals surface area contributed by atoms with E-state index < -0.39 is 4.92 Å². The number of hydrazone groups is 1. The van der Waals surface area contributed by atoms with Gasteiger partial charge in [0.1, 0.15) is 11.9 Å². The molecule has 2 aromatic heterocycles. The van der Waals surface area contributed by atoms with Gasteiger partial charge in [-0.25, -0.2) is 4.98 Å². The van der Waals surface area contributed by atoms with E-state index in [1.165, 1.54) is 12.1 Å². The van der Waals surface area contributed by atoms with Crippen LogP contribution in [0, 0.1) is 24.0 Å². The summed E-state index contributed by atoms with van der Waals surface area (Å²) < 4.78 is 7.73. The number of thiocarbonyl (C=S) groups is 1. The van der Waals surface area contributed by atoms with Crippen LogP contribution in [0.25, 0.3) is 5.69 Å². The van der Waals surface area contributed by atoms with Crippen molar-refractivity contribution in [2.24, 2.45) is 10.8 Å². The molecule has 0 amide bonds. The molecule has 0 aliphatic carbocycles. The van der Waals surface area contributed by atoms with Crippen LogP contribution in [-0.2, 0) is 0 Å². The molecule has 0 atom stereocenters. The summed E-state index contributed by atoms with van der Waals surface area (Å²) >= 11 is 4.73. The van der Waals surface area contributed by atoms with Gasteiger partial charge in [-0.1, -0.05) is 0 Å². The van der Waals surface area contributed by atoms with Gasteiger partial charge in [0, 0.05) is 34.8 Å². The topological polar surface area (TPSA) is 121 Å². The van der Waals surface area contributed by atoms with Crippen LogP contribution >= 0.6 is 12.2 Å². The van der Waals surface area contributed by atoms with Crippen LogP contribution in [0.5, 0.6) is 11.6 Å². The monoisotopic (exact) mass is 410 g/mol. The highest BCUT2D eigenvalue weighted by molar-refractivity contribution is 7.80. The van der Waals surface area contributed by atoms with Crippen molar-refractivity contribution in [3.63, 3.8) is 0 Å². The van der Waals surface area contributed by atoms with E-state index >= 15 is 0 Å². The predicted molar refractivity (Wildman–Crippen MR) is 114 cm³/mol. The van der Waals surface area contributed by atoms with Gasteiger partial charge in [0.15, 0.2) is 5.11 Å². The van der Waals surface area contributed by atoms with Crippen molar-refractivity contribution < 1.29 is 9.66 Å². The van der Waals surface area contributed by atoms with Gasteiger partial charge in [0.2, 0.25) is 5.88 Å². The molecule has 0 saturated carbocycles. The van der Waals surface area contributed by atoms with E-state index in [1.807, 2.05) is 32.0 Å². The Kier molecular flexibility index (Phi) is 5.84. The summed E-state index contributed by atoms with van der Waals surface area (Å²) in [7, 11) is 0. The molecule has 3 aromatic rings. The Bertz CT molecular complexity index is 1070. The van der Waals surface area contributed by atoms with Crippen LogP contribution in [0.4, 0.5) is 5.69 Å². The molecule has 0 bridgehead atoms. The quantitative estimate of drug-likeness (QED) is 0.277. The number of benzene rings is 1. The fourth-order valence-corrected chi connectivity index (χ4v) is 2.86. The van der Waals surface area contributed by atoms with Crippen LogP contribution in [0.2, 0.25) is 0 Å². The summed E-state index contributed by atoms with van der Waals surface area (Å²) in [6.07, 6.45) is 2.82. The van der Waals surface area contributed by atoms with Crippen LogP contribution in [-0.4, -0.2) is 25.8 Å². The Morgan fingerprint density at radius 3 is 2.62 bits per heavy atom. The van der Waals surface area contributed by atoms with E-state index in [-0.39, 0.29) is 16.7 Å². The largest absolute Gasteiger partial charge is 0.439 e. The fourth-order valence-electron chi connectivity index (χ4n) is 2.81. The first-order chi connectivity index (χ1) is 13.8. The first kappa shape index (κ1) is 20.0. The van der Waals surface area contributed by atoms with Crippen molar-refractivity contribution in [3.8, 4) is 17.3 Å². The first-order valence-electron chi connectivity index (χ1n) is 8.51. The van der Waals surface area contributed by atoms with Crippen molar-refractivity contribution in [1.29, 1.82) is 0 Å². The van der Waals surface area contributed by atoms with E-state index in [4.69, 9.17) is 22.7 Å². The molecule has 0 unspecified atom stereocenters. The smallest absolute Gasteiger partial charge is 0.287 e. The van der Waals surface area contributed by atoms with E-state index in [2.05, 4.69) is 20.1 Å². The molecule has 3 rings (SSSR count). The summed E-state index contributed by atoms with van der Waals surface area (Å²) in [4.78, 5) is 14.1. The van der Waals surface area contributed by atoms with E-state index in [9.17, 15) is 10.1 Å². The van der Waals surface area contributed by atoms with Crippen LogP contribution in [0.15, 0.2) is 53.8 Å². The Labute approximate surface area is 172 Å². The van der Waals surface area contributed by atoms with Crippen molar-refractivity contribution in [3.05, 3.63) is 75.7 Å². The van der Waals surface area contributed by atoms with Gasteiger partial charge in [-0.2, -0.15) is 5.10 Å². The maximum Gasteiger partial charge on any atom is 0.287 e. The first-order valence-corrected chi connectivity index (χ1v) is 8.92. The number of aromatic nitrogens is 2. The summed E-state index contributed by atoms with van der Waals surface area (Å²) in [5.41, 5.74) is 11.7. The molecule has 0 radical (unpaired) electrons. The molecule has 0 fully saturated rings. The zero-order valence-electron chi connectivity index (χ0n) is 15.7. The second-order valence-corrected chi connectivity index (χ2v) is 6.54. The Morgan fingerprint density at radius 1 is 1.31 bits per heavy atom. The van der Waals surface area contributed by atoms with Crippen LogP contribution < -0.4 is 15.9 Å². The minimum atomic E-state index is -0.507. The molecule has 9 nitrogen and oxygen atoms in total. The van der Waals surface area contributed by atoms with Gasteiger partial charge in [0.25, 0.3) is 5.69 Å². The standard InChI is InChI=1S/C19H18N6O3S/c1-12-9-14(10-22-23-19(20)29)13(2)24(12)15-3-6-17(7-4-15)28-18-8-5-16(11-21-18)25(26)27/h3-11H,1-2H3,(H3,20,23,29)/b22-10-. The number of pyridine rings is 1. The molecule has 29 heavy (non-hydrogen) atoms. The lowest BCUT2D eigenvalue weighted by Crippen LogP contribution is -2.24. The number of hydrogen-bond donors (Lipinski definition) is 2. The SMILES string of the molecule is Cc1cc(/C=N\NC(N)=S)c(C)n1-c1ccc(Oc2ccc([N+](=O)[O-])cn2)cc1.